The summed E-state index contributed by atoms with van der Waals surface area (Å²) in [7, 11) is -3.59. The first-order valence-electron chi connectivity index (χ1n) is 8.97. The van der Waals surface area contributed by atoms with Gasteiger partial charge in [0.05, 0.1) is 17.8 Å². The van der Waals surface area contributed by atoms with Crippen molar-refractivity contribution in [1.29, 1.82) is 0 Å². The molecule has 0 aromatic carbocycles. The molecule has 7 heteroatoms. The third-order valence-electron chi connectivity index (χ3n) is 7.63. The van der Waals surface area contributed by atoms with Crippen LogP contribution in [0, 0.1) is 16.7 Å². The lowest BCUT2D eigenvalue weighted by Crippen LogP contribution is -2.56. The van der Waals surface area contributed by atoms with E-state index < -0.39 is 16.1 Å². The molecule has 1 spiro atoms. The Bertz CT molecular complexity index is 746. The fourth-order valence-corrected chi connectivity index (χ4v) is 8.60. The van der Waals surface area contributed by atoms with Crippen LogP contribution >= 0.6 is 0 Å². The summed E-state index contributed by atoms with van der Waals surface area (Å²) in [4.78, 5) is 18.9. The topological polar surface area (TPSA) is 66.9 Å². The maximum absolute atomic E-state index is 13.1. The van der Waals surface area contributed by atoms with Gasteiger partial charge in [-0.25, -0.2) is 17.5 Å². The van der Waals surface area contributed by atoms with E-state index in [2.05, 4.69) is 13.8 Å². The van der Waals surface area contributed by atoms with Crippen molar-refractivity contribution in [2.24, 2.45) is 16.7 Å². The number of urea groups is 1. The highest BCUT2D eigenvalue weighted by Gasteiger charge is 2.72. The third-order valence-corrected chi connectivity index (χ3v) is 9.52. The Morgan fingerprint density at radius 2 is 2.00 bits per heavy atom. The summed E-state index contributed by atoms with van der Waals surface area (Å²) >= 11 is 0. The number of hydrogen-bond acceptors (Lipinski definition) is 4. The van der Waals surface area contributed by atoms with E-state index in [1.807, 2.05) is 12.2 Å². The molecule has 6 nitrogen and oxygen atoms in total. The number of carbonyl (C=O) groups excluding carboxylic acids is 1. The SMILES string of the molecule is CC1(C)C2CCC13CS(=O)(=O)N(C(=O)N1OC4C=CC1CC4)C3C2. The van der Waals surface area contributed by atoms with Crippen LogP contribution in [0.5, 0.6) is 0 Å². The molecule has 4 bridgehead atoms. The molecule has 5 unspecified atom stereocenters. The highest BCUT2D eigenvalue weighted by atomic mass is 32.2. The van der Waals surface area contributed by atoms with Crippen molar-refractivity contribution in [2.45, 2.75) is 64.1 Å². The molecule has 0 radical (unpaired) electrons. The number of rotatable bonds is 0. The molecule has 6 rings (SSSR count). The fourth-order valence-electron chi connectivity index (χ4n) is 6.11. The Morgan fingerprint density at radius 3 is 2.58 bits per heavy atom. The average molecular weight is 352 g/mol. The van der Waals surface area contributed by atoms with Crippen molar-refractivity contribution >= 4 is 16.1 Å². The van der Waals surface area contributed by atoms with Crippen molar-refractivity contribution in [2.75, 3.05) is 5.75 Å². The van der Waals surface area contributed by atoms with Gasteiger partial charge in [-0.2, -0.15) is 5.06 Å². The minimum absolute atomic E-state index is 0.0264. The Labute approximate surface area is 142 Å². The highest BCUT2D eigenvalue weighted by molar-refractivity contribution is 7.90. The van der Waals surface area contributed by atoms with E-state index in [1.165, 1.54) is 9.37 Å². The number of fused-ring (bicyclic) bond motifs is 3. The molecule has 0 N–H and O–H groups in total. The average Bonchev–Trinajstić information content (AvgIpc) is 3.02. The molecule has 2 amide bonds. The molecule has 3 aliphatic heterocycles. The first kappa shape index (κ1) is 15.2. The van der Waals surface area contributed by atoms with Gasteiger partial charge < -0.3 is 0 Å². The summed E-state index contributed by atoms with van der Waals surface area (Å²) < 4.78 is 27.1. The van der Waals surface area contributed by atoms with Crippen LogP contribution in [0.1, 0.15) is 46.0 Å². The molecule has 132 valence electrons. The van der Waals surface area contributed by atoms with Crippen LogP contribution in [0.25, 0.3) is 0 Å². The maximum Gasteiger partial charge on any atom is 0.358 e. The minimum atomic E-state index is -3.59. The van der Waals surface area contributed by atoms with E-state index in [9.17, 15) is 13.2 Å². The highest BCUT2D eigenvalue weighted by Crippen LogP contribution is 2.70. The van der Waals surface area contributed by atoms with E-state index in [1.54, 1.807) is 0 Å². The van der Waals surface area contributed by atoms with Gasteiger partial charge in [0.25, 0.3) is 0 Å². The smallest absolute Gasteiger partial charge is 0.261 e. The molecule has 24 heavy (non-hydrogen) atoms. The van der Waals surface area contributed by atoms with Gasteiger partial charge in [-0.3, -0.25) is 4.84 Å². The maximum atomic E-state index is 13.1. The Kier molecular flexibility index (Phi) is 2.76. The lowest BCUT2D eigenvalue weighted by molar-refractivity contribution is -0.199. The molecular weight excluding hydrogens is 328 g/mol. The second-order valence-corrected chi connectivity index (χ2v) is 10.5. The lowest BCUT2D eigenvalue weighted by atomic mass is 9.69. The Hall–Kier alpha value is -1.08. The van der Waals surface area contributed by atoms with Crippen LogP contribution in [-0.2, 0) is 14.9 Å². The van der Waals surface area contributed by atoms with Gasteiger partial charge in [-0.15, -0.1) is 0 Å². The number of amides is 2. The van der Waals surface area contributed by atoms with Crippen molar-refractivity contribution in [3.63, 3.8) is 0 Å². The van der Waals surface area contributed by atoms with Gasteiger partial charge in [0.15, 0.2) is 0 Å². The first-order chi connectivity index (χ1) is 11.3. The van der Waals surface area contributed by atoms with E-state index in [0.29, 0.717) is 5.92 Å². The van der Waals surface area contributed by atoms with Crippen molar-refractivity contribution in [1.82, 2.24) is 9.37 Å². The minimum Gasteiger partial charge on any atom is -0.261 e. The van der Waals surface area contributed by atoms with Crippen LogP contribution < -0.4 is 0 Å². The fraction of sp³-hybridized carbons (Fsp3) is 0.824. The normalized spacial score (nSPS) is 46.6. The summed E-state index contributed by atoms with van der Waals surface area (Å²) in [6.45, 7) is 4.38. The largest absolute Gasteiger partial charge is 0.358 e. The molecule has 2 saturated carbocycles. The van der Waals surface area contributed by atoms with Gasteiger partial charge in [-0.05, 0) is 43.4 Å². The Morgan fingerprint density at radius 1 is 1.21 bits per heavy atom. The van der Waals surface area contributed by atoms with Gasteiger partial charge in [0.1, 0.15) is 6.10 Å². The van der Waals surface area contributed by atoms with Gasteiger partial charge in [0, 0.05) is 5.41 Å². The van der Waals surface area contributed by atoms with Crippen LogP contribution in [0.15, 0.2) is 12.2 Å². The molecule has 2 saturated heterocycles. The monoisotopic (exact) mass is 352 g/mol. The zero-order valence-electron chi connectivity index (χ0n) is 14.1. The second-order valence-electron chi connectivity index (χ2n) is 8.70. The molecule has 3 aliphatic carbocycles. The van der Waals surface area contributed by atoms with Gasteiger partial charge in [-0.1, -0.05) is 26.0 Å². The van der Waals surface area contributed by atoms with Crippen LogP contribution in [0.4, 0.5) is 4.79 Å². The zero-order valence-corrected chi connectivity index (χ0v) is 15.0. The van der Waals surface area contributed by atoms with Crippen molar-refractivity contribution in [3.8, 4) is 0 Å². The van der Waals surface area contributed by atoms with Crippen molar-refractivity contribution in [3.05, 3.63) is 12.2 Å². The van der Waals surface area contributed by atoms with Gasteiger partial charge >= 0.3 is 6.03 Å². The number of carbonyl (C=O) groups is 1. The van der Waals surface area contributed by atoms with Crippen LogP contribution in [-0.4, -0.2) is 47.8 Å². The molecular formula is C17H24N2O4S. The first-order valence-corrected chi connectivity index (χ1v) is 10.6. The number of hydroxylamine groups is 2. The third kappa shape index (κ3) is 1.60. The van der Waals surface area contributed by atoms with Crippen LogP contribution in [0.3, 0.4) is 0 Å². The van der Waals surface area contributed by atoms with E-state index in [0.717, 1.165) is 32.1 Å². The molecule has 5 atom stereocenters. The van der Waals surface area contributed by atoms with E-state index in [-0.39, 0.29) is 34.8 Å². The second kappa shape index (κ2) is 4.36. The lowest BCUT2D eigenvalue weighted by Gasteiger charge is -2.43. The molecule has 6 aliphatic rings. The summed E-state index contributed by atoms with van der Waals surface area (Å²) in [5.74, 6) is 0.615. The summed E-state index contributed by atoms with van der Waals surface area (Å²) in [6, 6.07) is -0.808. The quantitative estimate of drug-likeness (QED) is 0.627. The standard InChI is InChI=1S/C17H24N2O4S/c1-16(2)11-7-8-17(16)10-24(21,22)19(14(17)9-11)15(20)18-12-3-5-13(23-18)6-4-12/h3,5,11-14H,4,6-10H2,1-2H3. The summed E-state index contributed by atoms with van der Waals surface area (Å²) in [5.41, 5.74) is -0.307. The molecule has 0 aromatic rings. The number of nitrogens with zero attached hydrogens (tertiary/aromatic N) is 2. The summed E-state index contributed by atoms with van der Waals surface area (Å²) in [6.07, 6.45) is 8.35. The van der Waals surface area contributed by atoms with Gasteiger partial charge in [0.2, 0.25) is 10.0 Å². The number of hydrogen-bond donors (Lipinski definition) is 0. The number of sulfonamides is 1. The predicted octanol–water partition coefficient (Wildman–Crippen LogP) is 2.28. The van der Waals surface area contributed by atoms with Crippen LogP contribution in [0.2, 0.25) is 0 Å². The van der Waals surface area contributed by atoms with E-state index in [4.69, 9.17) is 4.84 Å². The van der Waals surface area contributed by atoms with Crippen molar-refractivity contribution < 1.29 is 18.0 Å². The Balaban J connectivity index is 1.53. The predicted molar refractivity (Wildman–Crippen MR) is 87.2 cm³/mol. The molecule has 0 aromatic heterocycles. The molecule has 3 heterocycles. The van der Waals surface area contributed by atoms with E-state index >= 15 is 0 Å². The zero-order chi connectivity index (χ0) is 16.9. The molecule has 4 fully saturated rings. The summed E-state index contributed by atoms with van der Waals surface area (Å²) in [5, 5.41) is 1.32.